The van der Waals surface area contributed by atoms with Crippen molar-refractivity contribution < 1.29 is 19.2 Å². The zero-order valence-electron chi connectivity index (χ0n) is 17.4. The van der Waals surface area contributed by atoms with Crippen LogP contribution in [-0.2, 0) is 6.54 Å². The van der Waals surface area contributed by atoms with E-state index in [0.717, 1.165) is 5.56 Å². The van der Waals surface area contributed by atoms with Gasteiger partial charge in [0.15, 0.2) is 23.1 Å². The Hall–Kier alpha value is -3.94. The van der Waals surface area contributed by atoms with E-state index in [9.17, 15) is 14.9 Å². The maximum atomic E-state index is 12.3. The Labute approximate surface area is 179 Å². The molecule has 0 aliphatic heterocycles. The fourth-order valence-corrected chi connectivity index (χ4v) is 3.01. The van der Waals surface area contributed by atoms with Crippen molar-refractivity contribution in [3.05, 3.63) is 87.9 Å². The van der Waals surface area contributed by atoms with Gasteiger partial charge in [-0.05, 0) is 35.6 Å². The summed E-state index contributed by atoms with van der Waals surface area (Å²) >= 11 is 0. The lowest BCUT2D eigenvalue weighted by Gasteiger charge is -2.12. The first-order valence-electron chi connectivity index (χ1n) is 9.83. The molecule has 0 spiro atoms. The predicted octanol–water partition coefficient (Wildman–Crippen LogP) is 4.47. The molecule has 3 aromatic rings. The first kappa shape index (κ1) is 21.8. The van der Waals surface area contributed by atoms with Crippen molar-refractivity contribution in [1.82, 2.24) is 9.55 Å². The number of aromatic nitrogens is 2. The van der Waals surface area contributed by atoms with E-state index in [1.807, 2.05) is 31.2 Å². The van der Waals surface area contributed by atoms with Crippen molar-refractivity contribution in [2.75, 3.05) is 13.2 Å². The average Bonchev–Trinajstić information content (AvgIpc) is 3.15. The van der Waals surface area contributed by atoms with Crippen LogP contribution >= 0.6 is 0 Å². The molecule has 2 aromatic carbocycles. The van der Waals surface area contributed by atoms with Gasteiger partial charge in [0.1, 0.15) is 19.3 Å². The summed E-state index contributed by atoms with van der Waals surface area (Å²) in [5.74, 6) is 1.44. The maximum absolute atomic E-state index is 12.3. The van der Waals surface area contributed by atoms with E-state index in [1.54, 1.807) is 37.3 Å². The fourth-order valence-electron chi connectivity index (χ4n) is 3.01. The molecule has 1 heterocycles. The monoisotopic (exact) mass is 421 g/mol. The zero-order valence-corrected chi connectivity index (χ0v) is 17.4. The van der Waals surface area contributed by atoms with E-state index in [-0.39, 0.29) is 24.8 Å². The summed E-state index contributed by atoms with van der Waals surface area (Å²) in [5.41, 5.74) is 1.41. The molecule has 0 aliphatic rings. The van der Waals surface area contributed by atoms with Crippen molar-refractivity contribution in [3.63, 3.8) is 0 Å². The van der Waals surface area contributed by atoms with E-state index in [2.05, 4.69) is 4.98 Å². The summed E-state index contributed by atoms with van der Waals surface area (Å²) in [6.07, 6.45) is 4.47. The van der Waals surface area contributed by atoms with Crippen LogP contribution in [0.1, 0.15) is 28.7 Å². The predicted molar refractivity (Wildman–Crippen MR) is 117 cm³/mol. The minimum Gasteiger partial charge on any atom is -0.490 e. The Bertz CT molecular complexity index is 1090. The summed E-state index contributed by atoms with van der Waals surface area (Å²) in [6.45, 7) is 4.50. The second kappa shape index (κ2) is 10.2. The summed E-state index contributed by atoms with van der Waals surface area (Å²) < 4.78 is 13.0. The highest BCUT2D eigenvalue weighted by molar-refractivity contribution is 6.06. The van der Waals surface area contributed by atoms with Crippen LogP contribution in [0.2, 0.25) is 0 Å². The lowest BCUT2D eigenvalue weighted by atomic mass is 10.1. The summed E-state index contributed by atoms with van der Waals surface area (Å²) in [5, 5.41) is 11.1. The number of benzene rings is 2. The van der Waals surface area contributed by atoms with Crippen molar-refractivity contribution in [2.24, 2.45) is 0 Å². The summed E-state index contributed by atoms with van der Waals surface area (Å²) in [6, 6.07) is 14.4. The van der Waals surface area contributed by atoms with E-state index in [4.69, 9.17) is 9.47 Å². The van der Waals surface area contributed by atoms with E-state index >= 15 is 0 Å². The van der Waals surface area contributed by atoms with Crippen molar-refractivity contribution in [2.45, 2.75) is 20.4 Å². The molecule has 8 heteroatoms. The Morgan fingerprint density at radius 1 is 1.16 bits per heavy atom. The van der Waals surface area contributed by atoms with E-state index < -0.39 is 4.92 Å². The van der Waals surface area contributed by atoms with Crippen LogP contribution < -0.4 is 9.47 Å². The zero-order chi connectivity index (χ0) is 22.2. The molecule has 0 fully saturated rings. The summed E-state index contributed by atoms with van der Waals surface area (Å²) in [7, 11) is 0. The SMILES string of the molecule is CCOc1cc(/C=C/C(=O)c2ccccc2)ccc1OCCn1c([N+](=O)[O-])cnc1C. The van der Waals surface area contributed by atoms with Gasteiger partial charge in [-0.15, -0.1) is 0 Å². The van der Waals surface area contributed by atoms with Crippen LogP contribution in [0.15, 0.2) is 60.8 Å². The van der Waals surface area contributed by atoms with Crippen molar-refractivity contribution in [1.29, 1.82) is 0 Å². The number of rotatable bonds is 10. The molecular weight excluding hydrogens is 398 g/mol. The molecule has 0 aliphatic carbocycles. The Morgan fingerprint density at radius 3 is 2.65 bits per heavy atom. The molecule has 8 nitrogen and oxygen atoms in total. The molecule has 1 aromatic heterocycles. The van der Waals surface area contributed by atoms with Crippen molar-refractivity contribution >= 4 is 17.7 Å². The van der Waals surface area contributed by atoms with Crippen LogP contribution in [0.25, 0.3) is 6.08 Å². The van der Waals surface area contributed by atoms with Gasteiger partial charge in [-0.1, -0.05) is 42.5 Å². The number of allylic oxidation sites excluding steroid dienone is 1. The van der Waals surface area contributed by atoms with Gasteiger partial charge in [-0.2, -0.15) is 0 Å². The van der Waals surface area contributed by atoms with E-state index in [0.29, 0.717) is 29.5 Å². The smallest absolute Gasteiger partial charge is 0.342 e. The van der Waals surface area contributed by atoms with Gasteiger partial charge in [0.05, 0.1) is 6.61 Å². The molecule has 0 unspecified atom stereocenters. The second-order valence-corrected chi connectivity index (χ2v) is 6.62. The lowest BCUT2D eigenvalue weighted by Crippen LogP contribution is -2.12. The second-order valence-electron chi connectivity index (χ2n) is 6.62. The van der Waals surface area contributed by atoms with E-state index in [1.165, 1.54) is 16.8 Å². The standard InChI is InChI=1S/C23H23N3O5/c1-3-30-22-15-18(9-11-20(27)19-7-5-4-6-8-19)10-12-21(22)31-14-13-25-17(2)24-16-23(25)26(28)29/h4-12,15-16H,3,13-14H2,1-2H3/b11-9+. The van der Waals surface area contributed by atoms with Crippen LogP contribution in [-0.4, -0.2) is 33.5 Å². The van der Waals surface area contributed by atoms with Crippen LogP contribution in [0, 0.1) is 17.0 Å². The largest absolute Gasteiger partial charge is 0.490 e. The quantitative estimate of drug-likeness (QED) is 0.207. The molecule has 0 saturated heterocycles. The Kier molecular flexibility index (Phi) is 7.16. The van der Waals surface area contributed by atoms with Crippen LogP contribution in [0.5, 0.6) is 11.5 Å². The number of ether oxygens (including phenoxy) is 2. The number of carbonyl (C=O) groups excluding carboxylic acids is 1. The van der Waals surface area contributed by atoms with Gasteiger partial charge < -0.3 is 19.6 Å². The van der Waals surface area contributed by atoms with Gasteiger partial charge in [0, 0.05) is 12.5 Å². The topological polar surface area (TPSA) is 96.5 Å². The fraction of sp³-hybridized carbons (Fsp3) is 0.217. The number of nitro groups is 1. The molecule has 0 atom stereocenters. The van der Waals surface area contributed by atoms with Gasteiger partial charge in [0.2, 0.25) is 0 Å². The van der Waals surface area contributed by atoms with Gasteiger partial charge >= 0.3 is 5.82 Å². The number of hydrogen-bond acceptors (Lipinski definition) is 6. The molecule has 160 valence electrons. The number of hydrogen-bond donors (Lipinski definition) is 0. The molecule has 31 heavy (non-hydrogen) atoms. The number of aryl methyl sites for hydroxylation is 1. The highest BCUT2D eigenvalue weighted by atomic mass is 16.6. The number of nitrogens with zero attached hydrogens (tertiary/aromatic N) is 3. The highest BCUT2D eigenvalue weighted by Gasteiger charge is 2.17. The van der Waals surface area contributed by atoms with Gasteiger partial charge in [0.25, 0.3) is 0 Å². The summed E-state index contributed by atoms with van der Waals surface area (Å²) in [4.78, 5) is 26.9. The van der Waals surface area contributed by atoms with Crippen LogP contribution in [0.3, 0.4) is 0 Å². The van der Waals surface area contributed by atoms with Gasteiger partial charge in [-0.25, -0.2) is 9.55 Å². The molecule has 0 saturated carbocycles. The molecule has 3 rings (SSSR count). The molecule has 0 N–H and O–H groups in total. The Balaban J connectivity index is 1.69. The average molecular weight is 421 g/mol. The third-order valence-corrected chi connectivity index (χ3v) is 4.55. The van der Waals surface area contributed by atoms with Gasteiger partial charge in [-0.3, -0.25) is 4.79 Å². The third-order valence-electron chi connectivity index (χ3n) is 4.55. The first-order valence-corrected chi connectivity index (χ1v) is 9.83. The highest BCUT2D eigenvalue weighted by Crippen LogP contribution is 2.29. The minimum absolute atomic E-state index is 0.0744. The van der Waals surface area contributed by atoms with Crippen molar-refractivity contribution in [3.8, 4) is 11.5 Å². The molecule has 0 amide bonds. The lowest BCUT2D eigenvalue weighted by molar-refractivity contribution is -0.392. The Morgan fingerprint density at radius 2 is 1.94 bits per heavy atom. The number of ketones is 1. The first-order chi connectivity index (χ1) is 15.0. The minimum atomic E-state index is -0.469. The number of imidazole rings is 1. The molecular formula is C23H23N3O5. The molecule has 0 bridgehead atoms. The third kappa shape index (κ3) is 5.57. The maximum Gasteiger partial charge on any atom is 0.342 e. The van der Waals surface area contributed by atoms with Crippen LogP contribution in [0.4, 0.5) is 5.82 Å². The number of carbonyl (C=O) groups is 1. The normalized spacial score (nSPS) is 10.9. The molecule has 0 radical (unpaired) electrons.